The van der Waals surface area contributed by atoms with Gasteiger partial charge in [0, 0.05) is 7.05 Å². The first-order valence-electron chi connectivity index (χ1n) is 11.4. The third kappa shape index (κ3) is 4.39. The summed E-state index contributed by atoms with van der Waals surface area (Å²) >= 11 is 0. The van der Waals surface area contributed by atoms with Crippen molar-refractivity contribution in [1.29, 1.82) is 0 Å². The first-order chi connectivity index (χ1) is 17.3. The number of anilines is 2. The molecule has 36 heavy (non-hydrogen) atoms. The number of nitrogens with one attached hydrogen (secondary N) is 1. The molecule has 4 heterocycles. The largest absolute Gasteiger partial charge is 0.488 e. The van der Waals surface area contributed by atoms with Gasteiger partial charge in [0.05, 0.1) is 24.9 Å². The Hall–Kier alpha value is -4.29. The third-order valence-electron chi connectivity index (χ3n) is 5.94. The Balaban J connectivity index is 1.16. The molecule has 0 unspecified atom stereocenters. The standard InChI is InChI=1S/C23H23FN6O6/c1-12-22(32)29(2)18-15(26-12)7-6-14(24)19(18)34-8-4-3-5-13-10-30(23(33)36-13)16-9-25-21-20(27-16)28-17(31)11-35-21/h6-7,9,13H,3-5,8,10-11H2,1-2H3,(H,27,28,31)/t13-/m0/s1. The molecule has 0 radical (unpaired) electrons. The number of carbonyl (C=O) groups is 2. The molecule has 3 aromatic rings. The number of benzene rings is 1. The lowest BCUT2D eigenvalue weighted by Gasteiger charge is -2.18. The van der Waals surface area contributed by atoms with Crippen LogP contribution in [0, 0.1) is 12.7 Å². The summed E-state index contributed by atoms with van der Waals surface area (Å²) < 4.78 is 32.1. The van der Waals surface area contributed by atoms with Crippen LogP contribution in [0.15, 0.2) is 23.1 Å². The molecule has 2 aromatic heterocycles. The Labute approximate surface area is 204 Å². The summed E-state index contributed by atoms with van der Waals surface area (Å²) in [6.45, 7) is 1.94. The minimum Gasteiger partial charge on any atom is -0.488 e. The predicted molar refractivity (Wildman–Crippen MR) is 125 cm³/mol. The van der Waals surface area contributed by atoms with Crippen molar-refractivity contribution in [3.05, 3.63) is 40.2 Å². The van der Waals surface area contributed by atoms with E-state index in [1.807, 2.05) is 0 Å². The molecule has 0 bridgehead atoms. The summed E-state index contributed by atoms with van der Waals surface area (Å²) in [5.74, 6) is -0.348. The number of carbonyl (C=O) groups excluding carboxylic acids is 2. The molecule has 1 N–H and O–H groups in total. The van der Waals surface area contributed by atoms with Crippen LogP contribution in [0.3, 0.4) is 0 Å². The lowest BCUT2D eigenvalue weighted by Crippen LogP contribution is -2.29. The van der Waals surface area contributed by atoms with Gasteiger partial charge in [-0.25, -0.2) is 24.1 Å². The van der Waals surface area contributed by atoms with E-state index < -0.39 is 11.9 Å². The first kappa shape index (κ1) is 23.5. The maximum Gasteiger partial charge on any atom is 0.415 e. The van der Waals surface area contributed by atoms with E-state index in [1.165, 1.54) is 27.8 Å². The molecular weight excluding hydrogens is 475 g/mol. The number of fused-ring (bicyclic) bond motifs is 2. The van der Waals surface area contributed by atoms with E-state index in [4.69, 9.17) is 14.2 Å². The minimum absolute atomic E-state index is 0.0138. The summed E-state index contributed by atoms with van der Waals surface area (Å²) in [4.78, 5) is 50.0. The highest BCUT2D eigenvalue weighted by Crippen LogP contribution is 2.29. The van der Waals surface area contributed by atoms with E-state index in [1.54, 1.807) is 14.0 Å². The predicted octanol–water partition coefficient (Wildman–Crippen LogP) is 2.08. The van der Waals surface area contributed by atoms with Gasteiger partial charge in [0.2, 0.25) is 0 Å². The van der Waals surface area contributed by atoms with Gasteiger partial charge in [-0.1, -0.05) is 0 Å². The van der Waals surface area contributed by atoms with Gasteiger partial charge in [0.25, 0.3) is 17.3 Å². The van der Waals surface area contributed by atoms with Crippen LogP contribution in [0.25, 0.3) is 11.0 Å². The second-order valence-corrected chi connectivity index (χ2v) is 8.49. The number of cyclic esters (lactones) is 1. The average Bonchev–Trinajstić information content (AvgIpc) is 3.23. The lowest BCUT2D eigenvalue weighted by molar-refractivity contribution is -0.118. The van der Waals surface area contributed by atoms with Crippen molar-refractivity contribution in [2.75, 3.05) is 30.0 Å². The smallest absolute Gasteiger partial charge is 0.415 e. The van der Waals surface area contributed by atoms with Crippen molar-refractivity contribution < 1.29 is 28.2 Å². The Bertz CT molecular complexity index is 1430. The number of halogens is 1. The molecule has 2 amide bonds. The van der Waals surface area contributed by atoms with Crippen LogP contribution < -0.4 is 25.2 Å². The number of amides is 2. The molecule has 13 heteroatoms. The van der Waals surface area contributed by atoms with Crippen molar-refractivity contribution in [3.8, 4) is 11.6 Å². The topological polar surface area (TPSA) is 138 Å². The fourth-order valence-electron chi connectivity index (χ4n) is 4.16. The highest BCUT2D eigenvalue weighted by Gasteiger charge is 2.34. The fraction of sp³-hybridized carbons (Fsp3) is 0.391. The van der Waals surface area contributed by atoms with Gasteiger partial charge in [-0.05, 0) is 38.3 Å². The first-order valence-corrected chi connectivity index (χ1v) is 11.4. The Kier molecular flexibility index (Phi) is 6.12. The summed E-state index contributed by atoms with van der Waals surface area (Å²) in [6, 6.07) is 2.78. The number of ether oxygens (including phenoxy) is 3. The van der Waals surface area contributed by atoms with Gasteiger partial charge in [0.1, 0.15) is 17.3 Å². The maximum atomic E-state index is 14.5. The molecule has 5 rings (SSSR count). The third-order valence-corrected chi connectivity index (χ3v) is 5.94. The lowest BCUT2D eigenvalue weighted by atomic mass is 10.1. The van der Waals surface area contributed by atoms with E-state index >= 15 is 0 Å². The van der Waals surface area contributed by atoms with Crippen LogP contribution in [-0.4, -0.2) is 57.4 Å². The van der Waals surface area contributed by atoms with E-state index in [9.17, 15) is 18.8 Å². The van der Waals surface area contributed by atoms with Crippen LogP contribution in [0.5, 0.6) is 11.6 Å². The molecular formula is C23H23FN6O6. The van der Waals surface area contributed by atoms with Crippen molar-refractivity contribution in [1.82, 2.24) is 19.5 Å². The normalized spacial score (nSPS) is 17.0. The molecule has 1 aromatic carbocycles. The van der Waals surface area contributed by atoms with Gasteiger partial charge in [-0.3, -0.25) is 14.5 Å². The number of nitrogens with zero attached hydrogens (tertiary/aromatic N) is 5. The minimum atomic E-state index is -0.573. The molecule has 2 aliphatic rings. The van der Waals surface area contributed by atoms with Gasteiger partial charge in [-0.2, -0.15) is 0 Å². The second-order valence-electron chi connectivity index (χ2n) is 8.49. The van der Waals surface area contributed by atoms with Crippen LogP contribution in [0.4, 0.5) is 20.8 Å². The zero-order chi connectivity index (χ0) is 25.4. The van der Waals surface area contributed by atoms with Crippen LogP contribution >= 0.6 is 0 Å². The summed E-state index contributed by atoms with van der Waals surface area (Å²) in [5, 5.41) is 2.56. The fourth-order valence-corrected chi connectivity index (χ4v) is 4.16. The number of rotatable bonds is 7. The summed E-state index contributed by atoms with van der Waals surface area (Å²) in [6.07, 6.45) is 2.23. The van der Waals surface area contributed by atoms with Crippen molar-refractivity contribution in [2.45, 2.75) is 32.3 Å². The van der Waals surface area contributed by atoms with E-state index in [0.717, 1.165) is 0 Å². The summed E-state index contributed by atoms with van der Waals surface area (Å²) in [7, 11) is 1.56. The number of hydrogen-bond donors (Lipinski definition) is 1. The van der Waals surface area contributed by atoms with Crippen molar-refractivity contribution in [2.24, 2.45) is 7.05 Å². The number of hydrogen-bond acceptors (Lipinski definition) is 9. The van der Waals surface area contributed by atoms with E-state index in [2.05, 4.69) is 20.3 Å². The molecule has 1 fully saturated rings. The van der Waals surface area contributed by atoms with Gasteiger partial charge >= 0.3 is 6.09 Å². The number of unbranched alkanes of at least 4 members (excludes halogenated alkanes) is 1. The zero-order valence-corrected chi connectivity index (χ0v) is 19.6. The van der Waals surface area contributed by atoms with Crippen molar-refractivity contribution >= 4 is 34.7 Å². The van der Waals surface area contributed by atoms with E-state index in [-0.39, 0.29) is 60.6 Å². The summed E-state index contributed by atoms with van der Waals surface area (Å²) in [5.41, 5.74) is 0.783. The monoisotopic (exact) mass is 498 g/mol. The van der Waals surface area contributed by atoms with E-state index in [0.29, 0.717) is 36.0 Å². The van der Waals surface area contributed by atoms with Gasteiger partial charge < -0.3 is 24.1 Å². The van der Waals surface area contributed by atoms with Gasteiger partial charge in [0.15, 0.2) is 29.8 Å². The molecule has 1 saturated heterocycles. The Morgan fingerprint density at radius 1 is 1.22 bits per heavy atom. The highest BCUT2D eigenvalue weighted by molar-refractivity contribution is 5.94. The van der Waals surface area contributed by atoms with Gasteiger partial charge in [-0.15, -0.1) is 0 Å². The van der Waals surface area contributed by atoms with Crippen LogP contribution in [0.2, 0.25) is 0 Å². The van der Waals surface area contributed by atoms with Crippen molar-refractivity contribution in [3.63, 3.8) is 0 Å². The number of aryl methyl sites for hydroxylation is 2. The average molecular weight is 498 g/mol. The highest BCUT2D eigenvalue weighted by atomic mass is 19.1. The molecule has 0 aliphatic carbocycles. The quantitative estimate of drug-likeness (QED) is 0.485. The second kappa shape index (κ2) is 9.40. The molecule has 1 atom stereocenters. The molecule has 188 valence electrons. The zero-order valence-electron chi connectivity index (χ0n) is 19.6. The number of aromatic nitrogens is 4. The Morgan fingerprint density at radius 2 is 2.06 bits per heavy atom. The van der Waals surface area contributed by atoms with Crippen LogP contribution in [0.1, 0.15) is 25.0 Å². The molecule has 12 nitrogen and oxygen atoms in total. The maximum absolute atomic E-state index is 14.5. The molecule has 0 spiro atoms. The molecule has 0 saturated carbocycles. The Morgan fingerprint density at radius 3 is 2.89 bits per heavy atom. The van der Waals surface area contributed by atoms with Crippen LogP contribution in [-0.2, 0) is 16.6 Å². The molecule has 2 aliphatic heterocycles. The SMILES string of the molecule is Cc1nc2ccc(F)c(OCCCC[C@H]3CN(c4cnc5c(n4)NC(=O)CO5)C(=O)O3)c2n(C)c1=O.